The van der Waals surface area contributed by atoms with E-state index in [-0.39, 0.29) is 0 Å². The van der Waals surface area contributed by atoms with Crippen LogP contribution in [0.2, 0.25) is 0 Å². The first kappa shape index (κ1) is 14.8. The van der Waals surface area contributed by atoms with Crippen LogP contribution in [-0.2, 0) is 0 Å². The third-order valence-corrected chi connectivity index (χ3v) is 3.17. The van der Waals surface area contributed by atoms with Gasteiger partial charge in [0, 0.05) is 19.6 Å². The monoisotopic (exact) mass is 281 g/mol. The van der Waals surface area contributed by atoms with Crippen LogP contribution in [0.25, 0.3) is 0 Å². The number of β-amino-alcohol motifs (C(OH)–C–C–N with tert-alkyl or cyclic N) is 1. The molecule has 0 aliphatic carbocycles. The van der Waals surface area contributed by atoms with E-state index in [9.17, 15) is 5.11 Å². The van der Waals surface area contributed by atoms with Gasteiger partial charge >= 0.3 is 6.01 Å². The SMILES string of the molecule is CCNc1nc(OCC)nc(N2CCCC(C)(O)C2)n1. The highest BCUT2D eigenvalue weighted by molar-refractivity contribution is 5.39. The van der Waals surface area contributed by atoms with E-state index in [2.05, 4.69) is 20.3 Å². The Morgan fingerprint density at radius 1 is 1.35 bits per heavy atom. The van der Waals surface area contributed by atoms with Gasteiger partial charge in [-0.15, -0.1) is 0 Å². The van der Waals surface area contributed by atoms with E-state index in [1.165, 1.54) is 0 Å². The number of aliphatic hydroxyl groups is 1. The summed E-state index contributed by atoms with van der Waals surface area (Å²) in [5, 5.41) is 13.3. The maximum Gasteiger partial charge on any atom is 0.323 e. The lowest BCUT2D eigenvalue weighted by molar-refractivity contribution is 0.0444. The van der Waals surface area contributed by atoms with Crippen molar-refractivity contribution in [1.29, 1.82) is 0 Å². The Hall–Kier alpha value is -1.63. The summed E-state index contributed by atoms with van der Waals surface area (Å²) in [6, 6.07) is 0.318. The van der Waals surface area contributed by atoms with Gasteiger partial charge in [-0.2, -0.15) is 15.0 Å². The Morgan fingerprint density at radius 2 is 2.15 bits per heavy atom. The summed E-state index contributed by atoms with van der Waals surface area (Å²) in [4.78, 5) is 14.9. The Kier molecular flexibility index (Phi) is 4.59. The predicted octanol–water partition coefficient (Wildman–Crippen LogP) is 1.05. The lowest BCUT2D eigenvalue weighted by Gasteiger charge is -2.36. The summed E-state index contributed by atoms with van der Waals surface area (Å²) in [6.45, 7) is 8.30. The zero-order valence-electron chi connectivity index (χ0n) is 12.4. The maximum atomic E-state index is 10.2. The van der Waals surface area contributed by atoms with Gasteiger partial charge in [-0.3, -0.25) is 0 Å². The van der Waals surface area contributed by atoms with Crippen LogP contribution in [0.1, 0.15) is 33.6 Å². The molecule has 20 heavy (non-hydrogen) atoms. The van der Waals surface area contributed by atoms with Crippen molar-refractivity contribution in [3.63, 3.8) is 0 Å². The summed E-state index contributed by atoms with van der Waals surface area (Å²) < 4.78 is 5.38. The van der Waals surface area contributed by atoms with Gasteiger partial charge in [0.25, 0.3) is 0 Å². The molecule has 112 valence electrons. The van der Waals surface area contributed by atoms with Crippen molar-refractivity contribution < 1.29 is 9.84 Å². The molecule has 1 aliphatic heterocycles. The minimum Gasteiger partial charge on any atom is -0.464 e. The first-order valence-corrected chi connectivity index (χ1v) is 7.14. The maximum absolute atomic E-state index is 10.2. The van der Waals surface area contributed by atoms with Gasteiger partial charge in [0.1, 0.15) is 0 Å². The van der Waals surface area contributed by atoms with Crippen LogP contribution in [0.4, 0.5) is 11.9 Å². The zero-order valence-corrected chi connectivity index (χ0v) is 12.4. The molecule has 7 nitrogen and oxygen atoms in total. The Balaban J connectivity index is 2.24. The molecule has 0 saturated carbocycles. The molecule has 1 aliphatic rings. The second-order valence-electron chi connectivity index (χ2n) is 5.23. The van der Waals surface area contributed by atoms with E-state index in [4.69, 9.17) is 4.74 Å². The van der Waals surface area contributed by atoms with E-state index in [1.807, 2.05) is 25.7 Å². The minimum atomic E-state index is -0.699. The van der Waals surface area contributed by atoms with Crippen molar-refractivity contribution in [3.05, 3.63) is 0 Å². The van der Waals surface area contributed by atoms with Crippen molar-refractivity contribution in [2.24, 2.45) is 0 Å². The van der Waals surface area contributed by atoms with Crippen LogP contribution in [0.3, 0.4) is 0 Å². The third kappa shape index (κ3) is 3.69. The number of hydrogen-bond acceptors (Lipinski definition) is 7. The molecule has 2 N–H and O–H groups in total. The van der Waals surface area contributed by atoms with E-state index in [0.29, 0.717) is 31.1 Å². The Bertz CT molecular complexity index is 428. The van der Waals surface area contributed by atoms with Gasteiger partial charge < -0.3 is 20.1 Å². The molecule has 1 aromatic rings. The number of hydrogen-bond donors (Lipinski definition) is 2. The molecule has 1 unspecified atom stereocenters. The van der Waals surface area contributed by atoms with E-state index in [1.54, 1.807) is 0 Å². The van der Waals surface area contributed by atoms with Crippen molar-refractivity contribution in [3.8, 4) is 6.01 Å². The number of nitrogens with zero attached hydrogens (tertiary/aromatic N) is 4. The number of rotatable bonds is 5. The van der Waals surface area contributed by atoms with E-state index >= 15 is 0 Å². The molecule has 0 amide bonds. The van der Waals surface area contributed by atoms with Crippen molar-refractivity contribution in [2.45, 2.75) is 39.2 Å². The highest BCUT2D eigenvalue weighted by Gasteiger charge is 2.30. The normalized spacial score (nSPS) is 22.7. The molecule has 0 radical (unpaired) electrons. The third-order valence-electron chi connectivity index (χ3n) is 3.17. The van der Waals surface area contributed by atoms with Crippen molar-refractivity contribution in [1.82, 2.24) is 15.0 Å². The smallest absolute Gasteiger partial charge is 0.323 e. The van der Waals surface area contributed by atoms with Crippen LogP contribution in [-0.4, -0.2) is 51.9 Å². The molecular weight excluding hydrogens is 258 g/mol. The van der Waals surface area contributed by atoms with Crippen LogP contribution in [0.5, 0.6) is 6.01 Å². The van der Waals surface area contributed by atoms with Crippen molar-refractivity contribution in [2.75, 3.05) is 36.5 Å². The van der Waals surface area contributed by atoms with E-state index < -0.39 is 5.60 Å². The van der Waals surface area contributed by atoms with Crippen molar-refractivity contribution >= 4 is 11.9 Å². The standard InChI is InChI=1S/C13H23N5O2/c1-4-14-10-15-11(17-12(16-10)20-5-2)18-8-6-7-13(3,19)9-18/h19H,4-9H2,1-3H3,(H,14,15,16,17). The molecular formula is C13H23N5O2. The highest BCUT2D eigenvalue weighted by Crippen LogP contribution is 2.24. The number of aromatic nitrogens is 3. The number of piperidine rings is 1. The highest BCUT2D eigenvalue weighted by atomic mass is 16.5. The lowest BCUT2D eigenvalue weighted by Crippen LogP contribution is -2.46. The summed E-state index contributed by atoms with van der Waals surface area (Å²) in [5.74, 6) is 1.06. The van der Waals surface area contributed by atoms with Gasteiger partial charge in [-0.25, -0.2) is 0 Å². The summed E-state index contributed by atoms with van der Waals surface area (Å²) in [7, 11) is 0. The van der Waals surface area contributed by atoms with Gasteiger partial charge in [-0.05, 0) is 33.6 Å². The molecule has 0 spiro atoms. The largest absolute Gasteiger partial charge is 0.464 e. The molecule has 0 aromatic carbocycles. The second-order valence-corrected chi connectivity index (χ2v) is 5.23. The molecule has 1 fully saturated rings. The number of ether oxygens (including phenoxy) is 1. The Morgan fingerprint density at radius 3 is 2.80 bits per heavy atom. The summed E-state index contributed by atoms with van der Waals surface area (Å²) in [5.41, 5.74) is -0.699. The molecule has 1 atom stereocenters. The number of anilines is 2. The van der Waals surface area contributed by atoms with Crippen LogP contribution in [0, 0.1) is 0 Å². The average molecular weight is 281 g/mol. The molecule has 2 rings (SSSR count). The zero-order chi connectivity index (χ0) is 14.6. The van der Waals surface area contributed by atoms with Crippen LogP contribution >= 0.6 is 0 Å². The molecule has 1 saturated heterocycles. The topological polar surface area (TPSA) is 83.4 Å². The molecule has 0 bridgehead atoms. The number of nitrogens with one attached hydrogen (secondary N) is 1. The predicted molar refractivity (Wildman–Crippen MR) is 77.2 cm³/mol. The van der Waals surface area contributed by atoms with Gasteiger partial charge in [0.05, 0.1) is 12.2 Å². The second kappa shape index (κ2) is 6.21. The first-order chi connectivity index (χ1) is 9.54. The molecule has 2 heterocycles. The lowest BCUT2D eigenvalue weighted by atomic mass is 9.95. The van der Waals surface area contributed by atoms with Gasteiger partial charge in [0.2, 0.25) is 11.9 Å². The summed E-state index contributed by atoms with van der Waals surface area (Å²) >= 11 is 0. The minimum absolute atomic E-state index is 0.318. The fraction of sp³-hybridized carbons (Fsp3) is 0.769. The first-order valence-electron chi connectivity index (χ1n) is 7.14. The quantitative estimate of drug-likeness (QED) is 0.834. The average Bonchev–Trinajstić information content (AvgIpc) is 2.38. The summed E-state index contributed by atoms with van der Waals surface area (Å²) in [6.07, 6.45) is 1.71. The fourth-order valence-corrected chi connectivity index (χ4v) is 2.31. The van der Waals surface area contributed by atoms with Crippen LogP contribution < -0.4 is 15.0 Å². The van der Waals surface area contributed by atoms with E-state index in [0.717, 1.165) is 25.9 Å². The van der Waals surface area contributed by atoms with Gasteiger partial charge in [0.15, 0.2) is 0 Å². The Labute approximate surface area is 119 Å². The molecule has 1 aromatic heterocycles. The van der Waals surface area contributed by atoms with Crippen LogP contribution in [0.15, 0.2) is 0 Å². The van der Waals surface area contributed by atoms with Gasteiger partial charge in [-0.1, -0.05) is 0 Å². The fourth-order valence-electron chi connectivity index (χ4n) is 2.31. The molecule has 7 heteroatoms.